The number of carboxylic acids is 1. The number of rotatable bonds is 5. The van der Waals surface area contributed by atoms with Gasteiger partial charge in [-0.2, -0.15) is 0 Å². The molecule has 6 nitrogen and oxygen atoms in total. The third-order valence-electron chi connectivity index (χ3n) is 2.23. The third kappa shape index (κ3) is 3.22. The van der Waals surface area contributed by atoms with Gasteiger partial charge in [0, 0.05) is 0 Å². The van der Waals surface area contributed by atoms with Crippen LogP contribution in [0.1, 0.15) is 5.56 Å². The number of carboxylic acid groups (broad SMARTS) is 1. The van der Waals surface area contributed by atoms with Crippen LogP contribution in [0, 0.1) is 0 Å². The van der Waals surface area contributed by atoms with E-state index in [9.17, 15) is 4.79 Å². The lowest BCUT2D eigenvalue weighted by Crippen LogP contribution is -2.35. The lowest BCUT2D eigenvalue weighted by molar-refractivity contribution is -0.186. The minimum absolute atomic E-state index is 0.455. The molecule has 0 heterocycles. The van der Waals surface area contributed by atoms with E-state index >= 15 is 0 Å². The summed E-state index contributed by atoms with van der Waals surface area (Å²) in [6.07, 6.45) is 2.02. The van der Waals surface area contributed by atoms with E-state index in [0.29, 0.717) is 17.1 Å². The van der Waals surface area contributed by atoms with E-state index < -0.39 is 11.8 Å². The lowest BCUT2D eigenvalue weighted by Gasteiger charge is -2.11. The van der Waals surface area contributed by atoms with Crippen molar-refractivity contribution in [1.29, 1.82) is 0 Å². The Morgan fingerprint density at radius 2 is 1.83 bits per heavy atom. The van der Waals surface area contributed by atoms with Crippen molar-refractivity contribution in [3.63, 3.8) is 0 Å². The number of ether oxygens (including phenoxy) is 2. The molecule has 1 rings (SSSR count). The minimum atomic E-state index is -2.90. The highest BCUT2D eigenvalue weighted by Crippen LogP contribution is 2.28. The smallest absolute Gasteiger partial charge is 0.368 e. The summed E-state index contributed by atoms with van der Waals surface area (Å²) >= 11 is 0. The molecule has 1 aromatic carbocycles. The van der Waals surface area contributed by atoms with Gasteiger partial charge < -0.3 is 24.8 Å². The van der Waals surface area contributed by atoms with E-state index in [4.69, 9.17) is 24.8 Å². The van der Waals surface area contributed by atoms with Gasteiger partial charge in [0.2, 0.25) is 0 Å². The Morgan fingerprint density at radius 3 is 2.33 bits per heavy atom. The van der Waals surface area contributed by atoms with Crippen LogP contribution < -0.4 is 9.47 Å². The maximum Gasteiger partial charge on any atom is 0.368 e. The Labute approximate surface area is 104 Å². The second-order valence-electron chi connectivity index (χ2n) is 3.48. The Kier molecular flexibility index (Phi) is 4.30. The van der Waals surface area contributed by atoms with Crippen LogP contribution >= 0.6 is 0 Å². The maximum atomic E-state index is 10.5. The van der Waals surface area contributed by atoms with Crippen molar-refractivity contribution < 1.29 is 29.6 Å². The van der Waals surface area contributed by atoms with Crippen molar-refractivity contribution in [2.75, 3.05) is 14.2 Å². The van der Waals surface area contributed by atoms with Crippen LogP contribution in [0.5, 0.6) is 11.5 Å². The Balaban J connectivity index is 2.99. The zero-order valence-electron chi connectivity index (χ0n) is 9.95. The molecule has 0 atom stereocenters. The van der Waals surface area contributed by atoms with Gasteiger partial charge in [0.15, 0.2) is 11.5 Å². The van der Waals surface area contributed by atoms with Gasteiger partial charge >= 0.3 is 5.97 Å². The topological polar surface area (TPSA) is 96.2 Å². The molecule has 18 heavy (non-hydrogen) atoms. The molecule has 6 heteroatoms. The molecule has 0 saturated carbocycles. The SMILES string of the molecule is COc1ccc(C=CC(O)(O)C(=O)O)cc1OC. The number of methoxy groups -OCH3 is 2. The molecular formula is C12H14O6. The monoisotopic (exact) mass is 254 g/mol. The number of hydrogen-bond acceptors (Lipinski definition) is 5. The van der Waals surface area contributed by atoms with Gasteiger partial charge in [-0.15, -0.1) is 0 Å². The molecule has 0 aliphatic heterocycles. The maximum absolute atomic E-state index is 10.5. The van der Waals surface area contributed by atoms with Gasteiger partial charge in [0.1, 0.15) is 0 Å². The van der Waals surface area contributed by atoms with Gasteiger partial charge in [0.25, 0.3) is 5.79 Å². The summed E-state index contributed by atoms with van der Waals surface area (Å²) in [4.78, 5) is 10.5. The molecule has 0 fully saturated rings. The molecule has 0 amide bonds. The third-order valence-corrected chi connectivity index (χ3v) is 2.23. The van der Waals surface area contributed by atoms with Crippen molar-refractivity contribution in [1.82, 2.24) is 0 Å². The van der Waals surface area contributed by atoms with Crippen molar-refractivity contribution in [2.24, 2.45) is 0 Å². The summed E-state index contributed by atoms with van der Waals surface area (Å²) in [7, 11) is 2.95. The summed E-state index contributed by atoms with van der Waals surface area (Å²) in [5.41, 5.74) is 0.543. The van der Waals surface area contributed by atoms with E-state index in [0.717, 1.165) is 6.08 Å². The summed E-state index contributed by atoms with van der Waals surface area (Å²) in [6, 6.07) is 4.82. The Hall–Kier alpha value is -2.05. The van der Waals surface area contributed by atoms with Gasteiger partial charge in [-0.3, -0.25) is 0 Å². The molecule has 0 aliphatic carbocycles. The minimum Gasteiger partial charge on any atom is -0.493 e. The van der Waals surface area contributed by atoms with E-state index in [2.05, 4.69) is 0 Å². The standard InChI is InChI=1S/C12H14O6/c1-17-9-4-3-8(7-10(9)18-2)5-6-12(15,16)11(13)14/h3-7,15-16H,1-2H3,(H,13,14). The van der Waals surface area contributed by atoms with Gasteiger partial charge in [-0.1, -0.05) is 12.1 Å². The van der Waals surface area contributed by atoms with E-state index in [-0.39, 0.29) is 0 Å². The number of hydrogen-bond donors (Lipinski definition) is 3. The Morgan fingerprint density at radius 1 is 1.22 bits per heavy atom. The van der Waals surface area contributed by atoms with E-state index in [1.165, 1.54) is 20.3 Å². The van der Waals surface area contributed by atoms with Gasteiger partial charge in [-0.05, 0) is 23.8 Å². The van der Waals surface area contributed by atoms with Crippen LogP contribution in [0.25, 0.3) is 6.08 Å². The largest absolute Gasteiger partial charge is 0.493 e. The van der Waals surface area contributed by atoms with Crippen molar-refractivity contribution >= 4 is 12.0 Å². The van der Waals surface area contributed by atoms with Crippen LogP contribution in [0.2, 0.25) is 0 Å². The molecule has 0 saturated heterocycles. The zero-order valence-corrected chi connectivity index (χ0v) is 9.95. The fraction of sp³-hybridized carbons (Fsp3) is 0.250. The van der Waals surface area contributed by atoms with Crippen LogP contribution in [0.3, 0.4) is 0 Å². The molecule has 98 valence electrons. The fourth-order valence-electron chi connectivity index (χ4n) is 1.24. The first-order valence-corrected chi connectivity index (χ1v) is 5.00. The highest BCUT2D eigenvalue weighted by Gasteiger charge is 2.29. The molecule has 0 aromatic heterocycles. The van der Waals surface area contributed by atoms with Crippen molar-refractivity contribution in [3.8, 4) is 11.5 Å². The number of carbonyl (C=O) groups is 1. The van der Waals surface area contributed by atoms with Crippen LogP contribution in [-0.2, 0) is 4.79 Å². The second kappa shape index (κ2) is 5.52. The molecule has 0 spiro atoms. The zero-order chi connectivity index (χ0) is 13.8. The summed E-state index contributed by atoms with van der Waals surface area (Å²) in [5, 5.41) is 26.7. The Bertz CT molecular complexity index is 464. The van der Waals surface area contributed by atoms with Crippen molar-refractivity contribution in [3.05, 3.63) is 29.8 Å². The molecule has 0 aliphatic rings. The lowest BCUT2D eigenvalue weighted by atomic mass is 10.1. The summed E-state index contributed by atoms with van der Waals surface area (Å²) in [5.74, 6) is -3.67. The molecular weight excluding hydrogens is 240 g/mol. The first-order chi connectivity index (χ1) is 8.40. The molecule has 1 aromatic rings. The fourth-order valence-corrected chi connectivity index (χ4v) is 1.24. The average Bonchev–Trinajstić information content (AvgIpc) is 2.35. The normalized spacial score (nSPS) is 11.6. The molecule has 0 bridgehead atoms. The van der Waals surface area contributed by atoms with E-state index in [1.54, 1.807) is 18.2 Å². The molecule has 3 N–H and O–H groups in total. The van der Waals surface area contributed by atoms with Crippen LogP contribution in [0.15, 0.2) is 24.3 Å². The first-order valence-electron chi connectivity index (χ1n) is 5.00. The highest BCUT2D eigenvalue weighted by atomic mass is 16.5. The first kappa shape index (κ1) is 14.0. The molecule has 0 unspecified atom stereocenters. The average molecular weight is 254 g/mol. The van der Waals surface area contributed by atoms with Crippen LogP contribution in [0.4, 0.5) is 0 Å². The van der Waals surface area contributed by atoms with Crippen molar-refractivity contribution in [2.45, 2.75) is 5.79 Å². The van der Waals surface area contributed by atoms with Gasteiger partial charge in [-0.25, -0.2) is 4.79 Å². The number of benzene rings is 1. The number of aliphatic hydroxyl groups is 2. The highest BCUT2D eigenvalue weighted by molar-refractivity contribution is 5.79. The predicted molar refractivity (Wildman–Crippen MR) is 63.4 cm³/mol. The molecule has 0 radical (unpaired) electrons. The van der Waals surface area contributed by atoms with Gasteiger partial charge in [0.05, 0.1) is 14.2 Å². The summed E-state index contributed by atoms with van der Waals surface area (Å²) < 4.78 is 10.1. The predicted octanol–water partition coefficient (Wildman–Crippen LogP) is 0.482. The summed E-state index contributed by atoms with van der Waals surface area (Å²) in [6.45, 7) is 0. The number of aliphatic carboxylic acids is 1. The van der Waals surface area contributed by atoms with Crippen LogP contribution in [-0.4, -0.2) is 41.3 Å². The van der Waals surface area contributed by atoms with E-state index in [1.807, 2.05) is 0 Å². The quantitative estimate of drug-likeness (QED) is 0.661. The second-order valence-corrected chi connectivity index (χ2v) is 3.48.